The monoisotopic (exact) mass is 301 g/mol. The van der Waals surface area contributed by atoms with E-state index >= 15 is 0 Å². The third-order valence-corrected chi connectivity index (χ3v) is 6.64. The van der Waals surface area contributed by atoms with Crippen LogP contribution in [-0.4, -0.2) is 61.2 Å². The maximum Gasteiger partial charge on any atom is 0.110 e. The Balaban J connectivity index is 1.73. The smallest absolute Gasteiger partial charge is 0.110 e. The highest BCUT2D eigenvalue weighted by molar-refractivity contribution is 5.48. The molecule has 0 saturated carbocycles. The number of aliphatic hydroxyl groups is 1. The molecule has 5 aliphatic rings. The van der Waals surface area contributed by atoms with Crippen LogP contribution >= 0.6 is 0 Å². The first-order chi connectivity index (χ1) is 10.6. The van der Waals surface area contributed by atoms with Crippen LogP contribution in [0.2, 0.25) is 0 Å². The van der Waals surface area contributed by atoms with Gasteiger partial charge in [-0.2, -0.15) is 0 Å². The molecule has 4 nitrogen and oxygen atoms in total. The van der Waals surface area contributed by atoms with Gasteiger partial charge in [-0.1, -0.05) is 24.3 Å². The molecule has 22 heavy (non-hydrogen) atoms. The Kier molecular flexibility index (Phi) is 2.65. The predicted octanol–water partition coefficient (Wildman–Crippen LogP) is 1.28. The van der Waals surface area contributed by atoms with E-state index in [4.69, 9.17) is 9.47 Å². The van der Waals surface area contributed by atoms with Crippen LogP contribution in [0.1, 0.15) is 12.8 Å². The van der Waals surface area contributed by atoms with Gasteiger partial charge in [0.15, 0.2) is 0 Å². The summed E-state index contributed by atoms with van der Waals surface area (Å²) in [4.78, 5) is 2.49. The SMILES string of the molecule is COC1C=CC2=C3C1O[C@H]1C(O)C=C[C@H]4CN(C)C(C2)C[C@@]341. The fraction of sp³-hybridized carbons (Fsp3) is 0.667. The van der Waals surface area contributed by atoms with E-state index in [9.17, 15) is 5.11 Å². The number of piperidine rings is 1. The summed E-state index contributed by atoms with van der Waals surface area (Å²) >= 11 is 0. The van der Waals surface area contributed by atoms with Crippen LogP contribution in [0.5, 0.6) is 0 Å². The van der Waals surface area contributed by atoms with Crippen molar-refractivity contribution in [3.8, 4) is 0 Å². The number of nitrogens with zero attached hydrogens (tertiary/aromatic N) is 1. The Morgan fingerprint density at radius 2 is 2.23 bits per heavy atom. The number of methoxy groups -OCH3 is 1. The molecule has 2 fully saturated rings. The Morgan fingerprint density at radius 3 is 3.05 bits per heavy atom. The second kappa shape index (κ2) is 4.32. The molecule has 0 amide bonds. The fourth-order valence-electron chi connectivity index (χ4n) is 5.68. The molecule has 2 saturated heterocycles. The summed E-state index contributed by atoms with van der Waals surface area (Å²) in [6.07, 6.45) is 10.1. The van der Waals surface area contributed by atoms with Gasteiger partial charge in [-0.05, 0) is 31.0 Å². The average Bonchev–Trinajstić information content (AvgIpc) is 2.88. The van der Waals surface area contributed by atoms with Crippen molar-refractivity contribution >= 4 is 0 Å². The van der Waals surface area contributed by atoms with Gasteiger partial charge in [0.2, 0.25) is 0 Å². The minimum atomic E-state index is -0.504. The van der Waals surface area contributed by atoms with Gasteiger partial charge < -0.3 is 19.5 Å². The normalized spacial score (nSPS) is 52.1. The molecule has 0 aromatic rings. The summed E-state index contributed by atoms with van der Waals surface area (Å²) < 4.78 is 12.1. The number of rotatable bonds is 1. The van der Waals surface area contributed by atoms with Crippen LogP contribution in [-0.2, 0) is 9.47 Å². The van der Waals surface area contributed by atoms with E-state index in [1.165, 1.54) is 11.1 Å². The molecule has 1 N–H and O–H groups in total. The number of aliphatic hydroxyl groups excluding tert-OH is 1. The van der Waals surface area contributed by atoms with Crippen molar-refractivity contribution in [3.63, 3.8) is 0 Å². The van der Waals surface area contributed by atoms with Crippen LogP contribution in [0.3, 0.4) is 0 Å². The average molecular weight is 301 g/mol. The second-order valence-electron chi connectivity index (χ2n) is 7.50. The Morgan fingerprint density at radius 1 is 1.36 bits per heavy atom. The fourth-order valence-corrected chi connectivity index (χ4v) is 5.68. The van der Waals surface area contributed by atoms with Gasteiger partial charge >= 0.3 is 0 Å². The zero-order valence-electron chi connectivity index (χ0n) is 13.1. The predicted molar refractivity (Wildman–Crippen MR) is 82.3 cm³/mol. The summed E-state index contributed by atoms with van der Waals surface area (Å²) in [6, 6.07) is 0.558. The molecule has 2 bridgehead atoms. The number of likely N-dealkylation sites (tertiary alicyclic amines) is 1. The lowest BCUT2D eigenvalue weighted by molar-refractivity contribution is -0.108. The van der Waals surface area contributed by atoms with Crippen molar-refractivity contribution in [2.75, 3.05) is 20.7 Å². The van der Waals surface area contributed by atoms with Crippen LogP contribution in [0, 0.1) is 11.3 Å². The molecular formula is C18H23NO3. The largest absolute Gasteiger partial charge is 0.386 e. The van der Waals surface area contributed by atoms with Crippen LogP contribution in [0.25, 0.3) is 0 Å². The lowest BCUT2D eigenvalue weighted by Crippen LogP contribution is -2.60. The number of fused-ring (bicyclic) bond motifs is 1. The number of ether oxygens (including phenoxy) is 2. The summed E-state index contributed by atoms with van der Waals surface area (Å²) in [5.74, 6) is 0.432. The third-order valence-electron chi connectivity index (χ3n) is 6.64. The van der Waals surface area contributed by atoms with E-state index < -0.39 is 6.10 Å². The van der Waals surface area contributed by atoms with Gasteiger partial charge in [-0.25, -0.2) is 0 Å². The van der Waals surface area contributed by atoms with Gasteiger partial charge in [0.05, 0.1) is 12.2 Å². The van der Waals surface area contributed by atoms with Crippen LogP contribution < -0.4 is 0 Å². The van der Waals surface area contributed by atoms with Gasteiger partial charge in [-0.3, -0.25) is 0 Å². The van der Waals surface area contributed by atoms with E-state index in [-0.39, 0.29) is 23.7 Å². The summed E-state index contributed by atoms with van der Waals surface area (Å²) in [7, 11) is 3.98. The summed E-state index contributed by atoms with van der Waals surface area (Å²) in [5, 5.41) is 10.6. The Labute approximate surface area is 131 Å². The van der Waals surface area contributed by atoms with E-state index in [1.54, 1.807) is 7.11 Å². The van der Waals surface area contributed by atoms with Gasteiger partial charge in [0.25, 0.3) is 0 Å². The van der Waals surface area contributed by atoms with Gasteiger partial charge in [0.1, 0.15) is 12.2 Å². The van der Waals surface area contributed by atoms with Crippen molar-refractivity contribution in [1.29, 1.82) is 0 Å². The Bertz CT molecular complexity index is 609. The standard InChI is InChI=1S/C18H23NO3/c1-19-9-11-4-5-13(20)17-18(11)8-12(19)7-10-3-6-14(21-2)16(22-17)15(10)18/h3-6,11-14,16-17,20H,7-9H2,1-2H3/t11-,12?,13?,14?,16?,17-,18-/m0/s1. The quantitative estimate of drug-likeness (QED) is 0.741. The molecule has 4 heteroatoms. The zero-order valence-corrected chi connectivity index (χ0v) is 13.1. The maximum atomic E-state index is 10.6. The van der Waals surface area contributed by atoms with Crippen molar-refractivity contribution in [3.05, 3.63) is 35.5 Å². The van der Waals surface area contributed by atoms with Crippen LogP contribution in [0.15, 0.2) is 35.5 Å². The molecule has 0 aromatic carbocycles. The number of allylic oxidation sites excluding steroid dienone is 1. The summed E-state index contributed by atoms with van der Waals surface area (Å²) in [5.41, 5.74) is 2.84. The third kappa shape index (κ3) is 1.42. The highest BCUT2D eigenvalue weighted by atomic mass is 16.6. The van der Waals surface area contributed by atoms with Crippen molar-refractivity contribution in [2.45, 2.75) is 43.3 Å². The molecule has 4 unspecified atom stereocenters. The van der Waals surface area contributed by atoms with E-state index in [1.807, 2.05) is 6.08 Å². The zero-order chi connectivity index (χ0) is 15.1. The van der Waals surface area contributed by atoms with Crippen molar-refractivity contribution in [1.82, 2.24) is 4.90 Å². The highest BCUT2D eigenvalue weighted by Crippen LogP contribution is 2.63. The molecule has 1 spiro atoms. The van der Waals surface area contributed by atoms with Gasteiger partial charge in [0, 0.05) is 31.0 Å². The lowest BCUT2D eigenvalue weighted by atomic mass is 9.53. The van der Waals surface area contributed by atoms with Crippen LogP contribution in [0.4, 0.5) is 0 Å². The topological polar surface area (TPSA) is 41.9 Å². The van der Waals surface area contributed by atoms with Crippen molar-refractivity contribution < 1.29 is 14.6 Å². The first-order valence-corrected chi connectivity index (χ1v) is 8.32. The maximum absolute atomic E-state index is 10.6. The highest BCUT2D eigenvalue weighted by Gasteiger charge is 2.65. The first kappa shape index (κ1) is 13.5. The molecule has 2 aliphatic heterocycles. The number of hydrogen-bond donors (Lipinski definition) is 1. The molecule has 2 heterocycles. The molecule has 0 aromatic heterocycles. The second-order valence-corrected chi connectivity index (χ2v) is 7.50. The molecular weight excluding hydrogens is 278 g/mol. The first-order valence-electron chi connectivity index (χ1n) is 8.32. The summed E-state index contributed by atoms with van der Waals surface area (Å²) in [6.45, 7) is 1.05. The minimum absolute atomic E-state index is 0.0172. The molecule has 7 atom stereocenters. The molecule has 3 aliphatic carbocycles. The van der Waals surface area contributed by atoms with E-state index in [0.29, 0.717) is 12.0 Å². The molecule has 118 valence electrons. The minimum Gasteiger partial charge on any atom is -0.386 e. The van der Waals surface area contributed by atoms with E-state index in [2.05, 4.69) is 30.2 Å². The molecule has 0 radical (unpaired) electrons. The van der Waals surface area contributed by atoms with Gasteiger partial charge in [-0.15, -0.1) is 0 Å². The van der Waals surface area contributed by atoms with E-state index in [0.717, 1.165) is 19.4 Å². The van der Waals surface area contributed by atoms with Crippen molar-refractivity contribution in [2.24, 2.45) is 11.3 Å². The number of hydrogen-bond acceptors (Lipinski definition) is 4. The Hall–Kier alpha value is -0.940. The lowest BCUT2D eigenvalue weighted by Gasteiger charge is -2.56. The molecule has 5 rings (SSSR count).